The zero-order valence-corrected chi connectivity index (χ0v) is 17.6. The van der Waals surface area contributed by atoms with Crippen LogP contribution in [0, 0.1) is 0 Å². The van der Waals surface area contributed by atoms with Gasteiger partial charge in [0.1, 0.15) is 11.5 Å². The molecule has 0 aliphatic carbocycles. The molecule has 1 aromatic carbocycles. The number of methoxy groups -OCH3 is 2. The Morgan fingerprint density at radius 1 is 1.14 bits per heavy atom. The number of aromatic nitrogens is 1. The van der Waals surface area contributed by atoms with E-state index in [-0.39, 0.29) is 12.1 Å². The minimum atomic E-state index is -0.126. The number of hydrogen-bond acceptors (Lipinski definition) is 5. The average Bonchev–Trinajstić information content (AvgIpc) is 3.30. The zero-order chi connectivity index (χ0) is 19.7. The van der Waals surface area contributed by atoms with E-state index in [0.717, 1.165) is 26.3 Å². The van der Waals surface area contributed by atoms with Crippen molar-refractivity contribution < 1.29 is 9.47 Å². The Morgan fingerprint density at radius 2 is 2.00 bits per heavy atom. The van der Waals surface area contributed by atoms with E-state index in [2.05, 4.69) is 15.2 Å². The number of thiophene rings is 1. The van der Waals surface area contributed by atoms with Gasteiger partial charge in [-0.05, 0) is 48.6 Å². The predicted molar refractivity (Wildman–Crippen MR) is 117 cm³/mol. The summed E-state index contributed by atoms with van der Waals surface area (Å²) in [6.45, 7) is 0. The van der Waals surface area contributed by atoms with Gasteiger partial charge in [-0.15, -0.1) is 11.3 Å². The Bertz CT molecular complexity index is 996. The highest BCUT2D eigenvalue weighted by molar-refractivity contribution is 7.80. The highest BCUT2D eigenvalue weighted by Gasteiger charge is 2.42. The highest BCUT2D eigenvalue weighted by atomic mass is 35.5. The molecule has 3 heterocycles. The highest BCUT2D eigenvalue weighted by Crippen LogP contribution is 2.47. The summed E-state index contributed by atoms with van der Waals surface area (Å²) in [5, 5.41) is 4.02. The molecule has 1 fully saturated rings. The molecule has 8 heteroatoms. The van der Waals surface area contributed by atoms with Gasteiger partial charge in [0.2, 0.25) is 0 Å². The summed E-state index contributed by atoms with van der Waals surface area (Å²) in [6.07, 6.45) is 1.79. The molecule has 2 aromatic heterocycles. The third kappa shape index (κ3) is 3.41. The molecule has 5 nitrogen and oxygen atoms in total. The second-order valence-electron chi connectivity index (χ2n) is 6.18. The molecule has 1 N–H and O–H groups in total. The van der Waals surface area contributed by atoms with Gasteiger partial charge in [-0.25, -0.2) is 0 Å². The maximum atomic E-state index is 6.26. The number of pyridine rings is 1. The quantitative estimate of drug-likeness (QED) is 0.574. The van der Waals surface area contributed by atoms with Gasteiger partial charge in [-0.3, -0.25) is 4.98 Å². The van der Waals surface area contributed by atoms with E-state index in [4.69, 9.17) is 33.3 Å². The smallest absolute Gasteiger partial charge is 0.174 e. The van der Waals surface area contributed by atoms with Crippen LogP contribution in [-0.4, -0.2) is 24.3 Å². The topological polar surface area (TPSA) is 46.6 Å². The maximum absolute atomic E-state index is 6.26. The first-order valence-electron chi connectivity index (χ1n) is 8.60. The largest absolute Gasteiger partial charge is 0.497 e. The molecule has 2 atom stereocenters. The molecule has 1 aliphatic rings. The van der Waals surface area contributed by atoms with Crippen molar-refractivity contribution in [2.24, 2.45) is 0 Å². The fourth-order valence-corrected chi connectivity index (χ4v) is 4.90. The van der Waals surface area contributed by atoms with E-state index in [1.807, 2.05) is 48.5 Å². The second kappa shape index (κ2) is 7.95. The number of ether oxygens (including phenoxy) is 2. The molecule has 4 rings (SSSR count). The van der Waals surface area contributed by atoms with E-state index in [1.54, 1.807) is 20.4 Å². The summed E-state index contributed by atoms with van der Waals surface area (Å²) in [5.74, 6) is 1.43. The maximum Gasteiger partial charge on any atom is 0.174 e. The first-order valence-corrected chi connectivity index (χ1v) is 10.2. The standard InChI is InChI=1S/C20H18ClN3O2S2/c1-25-12-6-7-15(26-2)14(11-12)24-19(16-8-9-17(21)28-16)18(23-20(24)27)13-5-3-4-10-22-13/h3-11,18-19H,1-2H3,(H,23,27)/t18-,19-/m0/s1. The van der Waals surface area contributed by atoms with Crippen molar-refractivity contribution in [3.8, 4) is 11.5 Å². The molecule has 1 saturated heterocycles. The van der Waals surface area contributed by atoms with Crippen LogP contribution < -0.4 is 19.7 Å². The molecule has 0 unspecified atom stereocenters. The van der Waals surface area contributed by atoms with Crippen LogP contribution in [0.4, 0.5) is 5.69 Å². The third-order valence-corrected chi connectivity index (χ3v) is 6.25. The van der Waals surface area contributed by atoms with Gasteiger partial charge in [0.05, 0.1) is 42.0 Å². The number of hydrogen-bond donors (Lipinski definition) is 1. The van der Waals surface area contributed by atoms with Gasteiger partial charge in [-0.1, -0.05) is 17.7 Å². The zero-order valence-electron chi connectivity index (χ0n) is 15.3. The van der Waals surface area contributed by atoms with Crippen molar-refractivity contribution in [2.45, 2.75) is 12.1 Å². The molecule has 0 spiro atoms. The summed E-state index contributed by atoms with van der Waals surface area (Å²) >= 11 is 13.5. The molecular formula is C20H18ClN3O2S2. The molecule has 0 saturated carbocycles. The van der Waals surface area contributed by atoms with Gasteiger partial charge in [0.15, 0.2) is 5.11 Å². The lowest BCUT2D eigenvalue weighted by molar-refractivity contribution is 0.403. The minimum Gasteiger partial charge on any atom is -0.497 e. The molecule has 1 aliphatic heterocycles. The summed E-state index contributed by atoms with van der Waals surface area (Å²) < 4.78 is 11.8. The van der Waals surface area contributed by atoms with E-state index in [0.29, 0.717) is 10.9 Å². The summed E-state index contributed by atoms with van der Waals surface area (Å²) in [6, 6.07) is 15.2. The number of nitrogens with one attached hydrogen (secondary N) is 1. The number of halogens is 1. The average molecular weight is 432 g/mol. The summed E-state index contributed by atoms with van der Waals surface area (Å²) in [5.41, 5.74) is 1.73. The third-order valence-electron chi connectivity index (χ3n) is 4.63. The van der Waals surface area contributed by atoms with Crippen molar-refractivity contribution in [3.05, 3.63) is 69.6 Å². The first kappa shape index (κ1) is 19.0. The van der Waals surface area contributed by atoms with Gasteiger partial charge >= 0.3 is 0 Å². The molecule has 0 radical (unpaired) electrons. The van der Waals surface area contributed by atoms with Gasteiger partial charge in [-0.2, -0.15) is 0 Å². The Hall–Kier alpha value is -2.35. The van der Waals surface area contributed by atoms with Gasteiger partial charge < -0.3 is 19.7 Å². The molecule has 3 aromatic rings. The van der Waals surface area contributed by atoms with Crippen molar-refractivity contribution >= 4 is 46.0 Å². The molecule has 144 valence electrons. The second-order valence-corrected chi connectivity index (χ2v) is 8.31. The molecule has 0 bridgehead atoms. The Kier molecular flexibility index (Phi) is 5.39. The van der Waals surface area contributed by atoms with Crippen molar-refractivity contribution in [1.29, 1.82) is 0 Å². The van der Waals surface area contributed by atoms with E-state index in [1.165, 1.54) is 11.3 Å². The number of thiocarbonyl (C=S) groups is 1. The van der Waals surface area contributed by atoms with Gasteiger partial charge in [0, 0.05) is 17.1 Å². The Morgan fingerprint density at radius 3 is 2.64 bits per heavy atom. The summed E-state index contributed by atoms with van der Waals surface area (Å²) in [7, 11) is 3.28. The minimum absolute atomic E-state index is 0.124. The fourth-order valence-electron chi connectivity index (χ4n) is 3.38. The number of rotatable bonds is 5. The Balaban J connectivity index is 1.87. The van der Waals surface area contributed by atoms with Crippen molar-refractivity contribution in [3.63, 3.8) is 0 Å². The SMILES string of the molecule is COc1ccc(OC)c(N2C(=S)N[C@@H](c3ccccn3)[C@@H]2c2ccc(Cl)s2)c1. The lowest BCUT2D eigenvalue weighted by Crippen LogP contribution is -2.29. The molecule has 0 amide bonds. The van der Waals surface area contributed by atoms with E-state index < -0.39 is 0 Å². The fraction of sp³-hybridized carbons (Fsp3) is 0.200. The van der Waals surface area contributed by atoms with Gasteiger partial charge in [0.25, 0.3) is 0 Å². The van der Waals surface area contributed by atoms with Crippen molar-refractivity contribution in [2.75, 3.05) is 19.1 Å². The van der Waals surface area contributed by atoms with Crippen LogP contribution in [0.1, 0.15) is 22.7 Å². The molecule has 28 heavy (non-hydrogen) atoms. The molecular weight excluding hydrogens is 414 g/mol. The first-order chi connectivity index (χ1) is 13.6. The van der Waals surface area contributed by atoms with Crippen LogP contribution in [0.25, 0.3) is 0 Å². The Labute approximate surface area is 177 Å². The van der Waals surface area contributed by atoms with Crippen LogP contribution in [0.5, 0.6) is 11.5 Å². The predicted octanol–water partition coefficient (Wildman–Crippen LogP) is 4.99. The lowest BCUT2D eigenvalue weighted by atomic mass is 10.0. The van der Waals surface area contributed by atoms with Crippen LogP contribution >= 0.6 is 35.2 Å². The van der Waals surface area contributed by atoms with Crippen molar-refractivity contribution in [1.82, 2.24) is 10.3 Å². The lowest BCUT2D eigenvalue weighted by Gasteiger charge is -2.28. The van der Waals surface area contributed by atoms with Crippen LogP contribution in [-0.2, 0) is 0 Å². The van der Waals surface area contributed by atoms with E-state index >= 15 is 0 Å². The number of benzene rings is 1. The van der Waals surface area contributed by atoms with Crippen LogP contribution in [0.2, 0.25) is 4.34 Å². The number of anilines is 1. The monoisotopic (exact) mass is 431 g/mol. The van der Waals surface area contributed by atoms with Crippen LogP contribution in [0.15, 0.2) is 54.7 Å². The van der Waals surface area contributed by atoms with E-state index in [9.17, 15) is 0 Å². The van der Waals surface area contributed by atoms with Crippen LogP contribution in [0.3, 0.4) is 0 Å². The number of nitrogens with zero attached hydrogens (tertiary/aromatic N) is 2. The normalized spacial score (nSPS) is 18.8. The summed E-state index contributed by atoms with van der Waals surface area (Å²) in [4.78, 5) is 7.68.